The highest BCUT2D eigenvalue weighted by Crippen LogP contribution is 2.09. The minimum Gasteiger partial charge on any atom is -0.480 e. The van der Waals surface area contributed by atoms with Crippen LogP contribution >= 0.6 is 0 Å². The van der Waals surface area contributed by atoms with Gasteiger partial charge in [-0.15, -0.1) is 0 Å². The normalized spacial score (nSPS) is 9.42. The lowest BCUT2D eigenvalue weighted by Crippen LogP contribution is -2.16. The van der Waals surface area contributed by atoms with Crippen LogP contribution in [-0.4, -0.2) is 23.0 Å². The van der Waals surface area contributed by atoms with E-state index in [1.54, 1.807) is 0 Å². The number of primary amides is 1. The van der Waals surface area contributed by atoms with Gasteiger partial charge in [0.15, 0.2) is 11.5 Å². The Balaban J connectivity index is 3.12. The van der Waals surface area contributed by atoms with Crippen LogP contribution in [0.4, 0.5) is 5.82 Å². The van der Waals surface area contributed by atoms with Crippen molar-refractivity contribution in [1.29, 1.82) is 0 Å². The van der Waals surface area contributed by atoms with E-state index in [9.17, 15) is 4.79 Å². The van der Waals surface area contributed by atoms with E-state index in [1.165, 1.54) is 13.3 Å². The third kappa shape index (κ3) is 1.42. The van der Waals surface area contributed by atoms with Crippen molar-refractivity contribution < 1.29 is 9.53 Å². The molecule has 0 saturated carbocycles. The van der Waals surface area contributed by atoms with Gasteiger partial charge in [0.1, 0.15) is 0 Å². The van der Waals surface area contributed by atoms with Gasteiger partial charge in [-0.25, -0.2) is 4.98 Å². The maximum atomic E-state index is 10.6. The molecule has 64 valence electrons. The van der Waals surface area contributed by atoms with Gasteiger partial charge in [-0.1, -0.05) is 0 Å². The van der Waals surface area contributed by atoms with Crippen LogP contribution in [0.2, 0.25) is 0 Å². The minimum absolute atomic E-state index is 0.0261. The number of rotatable bonds is 2. The second kappa shape index (κ2) is 3.04. The van der Waals surface area contributed by atoms with Crippen LogP contribution in [0.15, 0.2) is 6.20 Å². The van der Waals surface area contributed by atoms with E-state index in [1.807, 2.05) is 0 Å². The van der Waals surface area contributed by atoms with Crippen molar-refractivity contribution in [3.8, 4) is 5.88 Å². The molecule has 1 rings (SSSR count). The van der Waals surface area contributed by atoms with Crippen LogP contribution in [-0.2, 0) is 0 Å². The maximum absolute atomic E-state index is 10.6. The first kappa shape index (κ1) is 8.25. The molecule has 0 aliphatic heterocycles. The van der Waals surface area contributed by atoms with Crippen molar-refractivity contribution in [2.75, 3.05) is 12.8 Å². The summed E-state index contributed by atoms with van der Waals surface area (Å²) in [7, 11) is 1.42. The molecule has 12 heavy (non-hydrogen) atoms. The first-order valence-electron chi connectivity index (χ1n) is 3.11. The van der Waals surface area contributed by atoms with E-state index in [-0.39, 0.29) is 17.4 Å². The van der Waals surface area contributed by atoms with E-state index in [0.29, 0.717) is 0 Å². The Labute approximate surface area is 68.6 Å². The van der Waals surface area contributed by atoms with Crippen LogP contribution < -0.4 is 16.2 Å². The molecule has 1 aromatic rings. The number of nitrogens with zero attached hydrogens (tertiary/aromatic N) is 2. The standard InChI is InChI=1S/C6H8N4O2/c1-12-3-2-9-4(6(8)11)5(7)10-3/h2H,1H3,(H2,7,10)(H2,8,11). The Morgan fingerprint density at radius 3 is 2.75 bits per heavy atom. The molecule has 0 bridgehead atoms. The summed E-state index contributed by atoms with van der Waals surface area (Å²) in [6, 6.07) is 0. The Kier molecular flexibility index (Phi) is 2.09. The number of nitrogen functional groups attached to an aromatic ring is 1. The summed E-state index contributed by atoms with van der Waals surface area (Å²) in [4.78, 5) is 18.0. The molecule has 0 saturated heterocycles. The topological polar surface area (TPSA) is 104 Å². The number of amides is 1. The van der Waals surface area contributed by atoms with Crippen molar-refractivity contribution in [3.05, 3.63) is 11.9 Å². The summed E-state index contributed by atoms with van der Waals surface area (Å²) in [5, 5.41) is 0. The molecular weight excluding hydrogens is 160 g/mol. The van der Waals surface area contributed by atoms with Crippen LogP contribution in [0.5, 0.6) is 5.88 Å². The largest absolute Gasteiger partial charge is 0.480 e. The van der Waals surface area contributed by atoms with Crippen molar-refractivity contribution in [1.82, 2.24) is 9.97 Å². The highest BCUT2D eigenvalue weighted by molar-refractivity contribution is 5.94. The molecule has 6 heteroatoms. The molecule has 0 atom stereocenters. The Bertz CT molecular complexity index is 312. The zero-order valence-electron chi connectivity index (χ0n) is 6.44. The highest BCUT2D eigenvalue weighted by Gasteiger charge is 2.09. The number of carbonyl (C=O) groups is 1. The zero-order valence-corrected chi connectivity index (χ0v) is 6.44. The number of anilines is 1. The Hall–Kier alpha value is -1.85. The van der Waals surface area contributed by atoms with Crippen molar-refractivity contribution >= 4 is 11.7 Å². The zero-order chi connectivity index (χ0) is 9.14. The number of aromatic nitrogens is 2. The molecule has 0 aromatic carbocycles. The fraction of sp³-hybridized carbons (Fsp3) is 0.167. The number of methoxy groups -OCH3 is 1. The van der Waals surface area contributed by atoms with E-state index in [0.717, 1.165) is 0 Å². The highest BCUT2D eigenvalue weighted by atomic mass is 16.5. The van der Waals surface area contributed by atoms with Gasteiger partial charge in [0.2, 0.25) is 5.88 Å². The SMILES string of the molecule is COc1cnc(C(N)=O)c(N)n1. The van der Waals surface area contributed by atoms with Gasteiger partial charge in [0, 0.05) is 0 Å². The van der Waals surface area contributed by atoms with Crippen LogP contribution in [0.1, 0.15) is 10.5 Å². The molecule has 1 heterocycles. The first-order valence-corrected chi connectivity index (χ1v) is 3.11. The lowest BCUT2D eigenvalue weighted by molar-refractivity contribution is 0.0996. The molecule has 4 N–H and O–H groups in total. The second-order valence-electron chi connectivity index (χ2n) is 2.01. The number of nitrogens with two attached hydrogens (primary N) is 2. The first-order chi connectivity index (χ1) is 5.65. The smallest absolute Gasteiger partial charge is 0.271 e. The summed E-state index contributed by atoms with van der Waals surface area (Å²) in [6.45, 7) is 0. The van der Waals surface area contributed by atoms with E-state index < -0.39 is 5.91 Å². The van der Waals surface area contributed by atoms with Crippen LogP contribution in [0.25, 0.3) is 0 Å². The maximum Gasteiger partial charge on any atom is 0.271 e. The molecule has 1 aromatic heterocycles. The molecular formula is C6H8N4O2. The molecule has 1 amide bonds. The molecule has 0 fully saturated rings. The van der Waals surface area contributed by atoms with Gasteiger partial charge in [-0.2, -0.15) is 4.98 Å². The Morgan fingerprint density at radius 1 is 1.67 bits per heavy atom. The van der Waals surface area contributed by atoms with Crippen molar-refractivity contribution in [2.24, 2.45) is 5.73 Å². The quantitative estimate of drug-likeness (QED) is 0.599. The predicted molar refractivity (Wildman–Crippen MR) is 41.5 cm³/mol. The van der Waals surface area contributed by atoms with E-state index in [2.05, 4.69) is 9.97 Å². The fourth-order valence-corrected chi connectivity index (χ4v) is 0.675. The van der Waals surface area contributed by atoms with Gasteiger partial charge in [0.05, 0.1) is 13.3 Å². The summed E-state index contributed by atoms with van der Waals surface area (Å²) < 4.78 is 4.72. The van der Waals surface area contributed by atoms with E-state index >= 15 is 0 Å². The number of ether oxygens (including phenoxy) is 1. The second-order valence-corrected chi connectivity index (χ2v) is 2.01. The average molecular weight is 168 g/mol. The lowest BCUT2D eigenvalue weighted by Gasteiger charge is -2.01. The third-order valence-electron chi connectivity index (χ3n) is 1.22. The predicted octanol–water partition coefficient (Wildman–Crippen LogP) is -0.834. The minimum atomic E-state index is -0.706. The summed E-state index contributed by atoms with van der Waals surface area (Å²) in [5.41, 5.74) is 10.2. The fourth-order valence-electron chi connectivity index (χ4n) is 0.675. The average Bonchev–Trinajstić information content (AvgIpc) is 2.03. The van der Waals surface area contributed by atoms with Gasteiger partial charge in [-0.3, -0.25) is 4.79 Å². The van der Waals surface area contributed by atoms with Gasteiger partial charge in [-0.05, 0) is 0 Å². The van der Waals surface area contributed by atoms with Gasteiger partial charge in [0.25, 0.3) is 5.91 Å². The van der Waals surface area contributed by atoms with Gasteiger partial charge >= 0.3 is 0 Å². The monoisotopic (exact) mass is 168 g/mol. The number of carbonyl (C=O) groups excluding carboxylic acids is 1. The molecule has 6 nitrogen and oxygen atoms in total. The molecule has 0 radical (unpaired) electrons. The molecule has 0 aliphatic carbocycles. The molecule has 0 spiro atoms. The number of hydrogen-bond donors (Lipinski definition) is 2. The van der Waals surface area contributed by atoms with Crippen LogP contribution in [0.3, 0.4) is 0 Å². The van der Waals surface area contributed by atoms with E-state index in [4.69, 9.17) is 16.2 Å². The summed E-state index contributed by atoms with van der Waals surface area (Å²) in [6.07, 6.45) is 1.27. The molecule has 0 unspecified atom stereocenters. The van der Waals surface area contributed by atoms with Crippen LogP contribution in [0, 0.1) is 0 Å². The van der Waals surface area contributed by atoms with Gasteiger partial charge < -0.3 is 16.2 Å². The molecule has 0 aliphatic rings. The number of hydrogen-bond acceptors (Lipinski definition) is 5. The van der Waals surface area contributed by atoms with Crippen molar-refractivity contribution in [3.63, 3.8) is 0 Å². The van der Waals surface area contributed by atoms with Crippen molar-refractivity contribution in [2.45, 2.75) is 0 Å². The lowest BCUT2D eigenvalue weighted by atomic mass is 10.4. The third-order valence-corrected chi connectivity index (χ3v) is 1.22. The summed E-state index contributed by atoms with van der Waals surface area (Å²) >= 11 is 0. The summed E-state index contributed by atoms with van der Waals surface area (Å²) in [5.74, 6) is -0.484. The Morgan fingerprint density at radius 2 is 2.33 bits per heavy atom.